The van der Waals surface area contributed by atoms with Crippen LogP contribution in [0.3, 0.4) is 0 Å². The monoisotopic (exact) mass is 259 g/mol. The molecule has 0 aliphatic carbocycles. The summed E-state index contributed by atoms with van der Waals surface area (Å²) >= 11 is 5.06. The van der Waals surface area contributed by atoms with Gasteiger partial charge in [-0.05, 0) is 39.0 Å². The first-order chi connectivity index (χ1) is 6.27. The van der Waals surface area contributed by atoms with Crippen LogP contribution >= 0.6 is 27.3 Å². The second-order valence-electron chi connectivity index (χ2n) is 2.91. The quantitative estimate of drug-likeness (QED) is 0.887. The molecule has 2 heterocycles. The van der Waals surface area contributed by atoms with Crippen LogP contribution in [0, 0.1) is 0 Å². The van der Waals surface area contributed by atoms with Gasteiger partial charge < -0.3 is 10.5 Å². The average molecular weight is 260 g/mol. The highest BCUT2D eigenvalue weighted by molar-refractivity contribution is 9.11. The summed E-state index contributed by atoms with van der Waals surface area (Å²) in [4.78, 5) is 0. The zero-order chi connectivity index (χ0) is 9.26. The summed E-state index contributed by atoms with van der Waals surface area (Å²) in [6.45, 7) is 0.772. The highest BCUT2D eigenvalue weighted by atomic mass is 79.9. The fraction of sp³-hybridized carbons (Fsp3) is 0.333. The zero-order valence-electron chi connectivity index (χ0n) is 7.00. The molecule has 0 aromatic carbocycles. The van der Waals surface area contributed by atoms with E-state index >= 15 is 0 Å². The Balaban J connectivity index is 2.16. The first-order valence-corrected chi connectivity index (χ1v) is 5.77. The lowest BCUT2D eigenvalue weighted by molar-refractivity contribution is 0.225. The minimum Gasteiger partial charge on any atom is -0.496 e. The minimum atomic E-state index is -0.0925. The van der Waals surface area contributed by atoms with Gasteiger partial charge in [0, 0.05) is 6.42 Å². The maximum Gasteiger partial charge on any atom is 0.113 e. The lowest BCUT2D eigenvalue weighted by atomic mass is 10.1. The molecule has 1 aliphatic rings. The van der Waals surface area contributed by atoms with Gasteiger partial charge in [0.25, 0.3) is 0 Å². The van der Waals surface area contributed by atoms with Crippen LogP contribution in [0.25, 0.3) is 0 Å². The number of rotatable bonds is 2. The Bertz CT molecular complexity index is 334. The lowest BCUT2D eigenvalue weighted by Gasteiger charge is -2.10. The molecular formula is C9H10BrNOS. The molecule has 1 aromatic rings. The summed E-state index contributed by atoms with van der Waals surface area (Å²) in [5, 5.41) is 2.05. The third-order valence-corrected chi connectivity index (χ3v) is 3.51. The SMILES string of the molecule is NC(C1=CCCO1)c1csc(Br)c1. The Labute approximate surface area is 89.5 Å². The molecular weight excluding hydrogens is 250 g/mol. The zero-order valence-corrected chi connectivity index (χ0v) is 9.40. The summed E-state index contributed by atoms with van der Waals surface area (Å²) in [6, 6.07) is 1.95. The van der Waals surface area contributed by atoms with E-state index in [-0.39, 0.29) is 6.04 Å². The molecule has 13 heavy (non-hydrogen) atoms. The van der Waals surface area contributed by atoms with Crippen LogP contribution in [-0.2, 0) is 4.74 Å². The number of hydrogen-bond acceptors (Lipinski definition) is 3. The van der Waals surface area contributed by atoms with Gasteiger partial charge >= 0.3 is 0 Å². The normalized spacial score (nSPS) is 18.2. The van der Waals surface area contributed by atoms with Gasteiger partial charge in [0.2, 0.25) is 0 Å². The van der Waals surface area contributed by atoms with Gasteiger partial charge in [-0.1, -0.05) is 0 Å². The van der Waals surface area contributed by atoms with Crippen LogP contribution in [0.1, 0.15) is 18.0 Å². The maximum absolute atomic E-state index is 6.01. The topological polar surface area (TPSA) is 35.2 Å². The van der Waals surface area contributed by atoms with E-state index in [4.69, 9.17) is 10.5 Å². The first-order valence-electron chi connectivity index (χ1n) is 4.10. The van der Waals surface area contributed by atoms with Crippen LogP contribution < -0.4 is 5.73 Å². The number of thiophene rings is 1. The fourth-order valence-corrected chi connectivity index (χ4v) is 2.52. The van der Waals surface area contributed by atoms with Crippen molar-refractivity contribution in [3.8, 4) is 0 Å². The Kier molecular flexibility index (Phi) is 2.71. The third-order valence-electron chi connectivity index (χ3n) is 1.99. The van der Waals surface area contributed by atoms with Crippen LogP contribution in [0.4, 0.5) is 0 Å². The lowest BCUT2D eigenvalue weighted by Crippen LogP contribution is -2.12. The second-order valence-corrected chi connectivity index (χ2v) is 5.20. The van der Waals surface area contributed by atoms with Crippen LogP contribution in [-0.4, -0.2) is 6.61 Å². The molecule has 0 saturated carbocycles. The van der Waals surface area contributed by atoms with Gasteiger partial charge in [0.05, 0.1) is 16.4 Å². The van der Waals surface area contributed by atoms with E-state index in [1.54, 1.807) is 11.3 Å². The highest BCUT2D eigenvalue weighted by Gasteiger charge is 2.17. The predicted molar refractivity (Wildman–Crippen MR) is 57.6 cm³/mol. The third kappa shape index (κ3) is 1.95. The van der Waals surface area contributed by atoms with Crippen molar-refractivity contribution in [3.05, 3.63) is 32.6 Å². The molecule has 2 N–H and O–H groups in total. The van der Waals surface area contributed by atoms with Crippen molar-refractivity contribution in [2.75, 3.05) is 6.61 Å². The molecule has 0 radical (unpaired) electrons. The summed E-state index contributed by atoms with van der Waals surface area (Å²) in [7, 11) is 0. The van der Waals surface area contributed by atoms with E-state index in [0.717, 1.165) is 28.1 Å². The summed E-state index contributed by atoms with van der Waals surface area (Å²) in [6.07, 6.45) is 3.05. The van der Waals surface area contributed by atoms with E-state index in [9.17, 15) is 0 Å². The van der Waals surface area contributed by atoms with E-state index in [0.29, 0.717) is 0 Å². The van der Waals surface area contributed by atoms with Crippen molar-refractivity contribution in [2.24, 2.45) is 5.73 Å². The molecule has 1 atom stereocenters. The van der Waals surface area contributed by atoms with E-state index in [1.165, 1.54) is 0 Å². The fourth-order valence-electron chi connectivity index (χ4n) is 1.30. The molecule has 1 aromatic heterocycles. The van der Waals surface area contributed by atoms with Gasteiger partial charge in [-0.25, -0.2) is 0 Å². The molecule has 1 aliphatic heterocycles. The van der Waals surface area contributed by atoms with Crippen molar-refractivity contribution in [1.82, 2.24) is 0 Å². The number of halogens is 1. The van der Waals surface area contributed by atoms with Crippen LogP contribution in [0.15, 0.2) is 27.1 Å². The van der Waals surface area contributed by atoms with E-state index in [2.05, 4.69) is 27.4 Å². The average Bonchev–Trinajstić information content (AvgIpc) is 2.72. The standard InChI is InChI=1S/C9H10BrNOS/c10-8-4-6(5-13-8)9(11)7-2-1-3-12-7/h2,4-5,9H,1,3,11H2. The van der Waals surface area contributed by atoms with Gasteiger partial charge in [0.15, 0.2) is 0 Å². The smallest absolute Gasteiger partial charge is 0.113 e. The molecule has 0 amide bonds. The molecule has 2 rings (SSSR count). The summed E-state index contributed by atoms with van der Waals surface area (Å²) in [5.41, 5.74) is 7.12. The van der Waals surface area contributed by atoms with Gasteiger partial charge in [-0.2, -0.15) is 0 Å². The number of ether oxygens (including phenoxy) is 1. The van der Waals surface area contributed by atoms with Crippen LogP contribution in [0.5, 0.6) is 0 Å². The van der Waals surface area contributed by atoms with Crippen LogP contribution in [0.2, 0.25) is 0 Å². The van der Waals surface area contributed by atoms with Crippen molar-refractivity contribution in [3.63, 3.8) is 0 Å². The number of nitrogens with two attached hydrogens (primary N) is 1. The molecule has 1 unspecified atom stereocenters. The van der Waals surface area contributed by atoms with Gasteiger partial charge in [-0.15, -0.1) is 11.3 Å². The molecule has 4 heteroatoms. The molecule has 2 nitrogen and oxygen atoms in total. The van der Waals surface area contributed by atoms with Gasteiger partial charge in [0.1, 0.15) is 5.76 Å². The summed E-state index contributed by atoms with van der Waals surface area (Å²) < 4.78 is 6.51. The van der Waals surface area contributed by atoms with Crippen molar-refractivity contribution in [1.29, 1.82) is 0 Å². The Morgan fingerprint density at radius 3 is 3.00 bits per heavy atom. The predicted octanol–water partition coefficient (Wildman–Crippen LogP) is 2.81. The van der Waals surface area contributed by atoms with Crippen molar-refractivity contribution < 1.29 is 4.74 Å². The minimum absolute atomic E-state index is 0.0925. The second kappa shape index (κ2) is 3.82. The molecule has 0 fully saturated rings. The highest BCUT2D eigenvalue weighted by Crippen LogP contribution is 2.29. The largest absolute Gasteiger partial charge is 0.496 e. The molecule has 0 bridgehead atoms. The van der Waals surface area contributed by atoms with Crippen molar-refractivity contribution in [2.45, 2.75) is 12.5 Å². The Morgan fingerprint density at radius 1 is 1.62 bits per heavy atom. The Morgan fingerprint density at radius 2 is 2.46 bits per heavy atom. The maximum atomic E-state index is 6.01. The summed E-state index contributed by atoms with van der Waals surface area (Å²) in [5.74, 6) is 0.908. The molecule has 70 valence electrons. The van der Waals surface area contributed by atoms with E-state index in [1.807, 2.05) is 6.07 Å². The molecule has 0 spiro atoms. The van der Waals surface area contributed by atoms with E-state index < -0.39 is 0 Å². The number of hydrogen-bond donors (Lipinski definition) is 1. The van der Waals surface area contributed by atoms with Crippen molar-refractivity contribution >= 4 is 27.3 Å². The Hall–Kier alpha value is -0.320. The molecule has 0 saturated heterocycles. The first kappa shape index (κ1) is 9.24. The van der Waals surface area contributed by atoms with Gasteiger partial charge in [-0.3, -0.25) is 0 Å².